The molecule has 132 valence electrons. The molecule has 0 aliphatic heterocycles. The normalized spacial score (nSPS) is 20.9. The van der Waals surface area contributed by atoms with Gasteiger partial charge in [0.05, 0.1) is 6.61 Å². The number of hydrogen-bond donors (Lipinski definition) is 0. The predicted molar refractivity (Wildman–Crippen MR) is 97.4 cm³/mol. The van der Waals surface area contributed by atoms with Gasteiger partial charge in [-0.3, -0.25) is 0 Å². The molecule has 3 nitrogen and oxygen atoms in total. The van der Waals surface area contributed by atoms with Gasteiger partial charge in [0, 0.05) is 6.08 Å². The third kappa shape index (κ3) is 6.03. The van der Waals surface area contributed by atoms with E-state index in [1.165, 1.54) is 5.56 Å². The van der Waals surface area contributed by atoms with Gasteiger partial charge < -0.3 is 9.47 Å². The summed E-state index contributed by atoms with van der Waals surface area (Å²) in [5, 5.41) is 0. The number of carbonyl (C=O) groups excluding carboxylic acids is 1. The summed E-state index contributed by atoms with van der Waals surface area (Å²) < 4.78 is 11.1. The molecule has 3 heteroatoms. The van der Waals surface area contributed by atoms with Crippen molar-refractivity contribution in [3.05, 3.63) is 42.0 Å². The van der Waals surface area contributed by atoms with Crippen LogP contribution in [0.3, 0.4) is 0 Å². The molecule has 0 spiro atoms. The van der Waals surface area contributed by atoms with Crippen molar-refractivity contribution in [2.75, 3.05) is 6.61 Å². The first kappa shape index (κ1) is 18.6. The zero-order chi connectivity index (χ0) is 17.2. The molecular weight excluding hydrogens is 300 g/mol. The average molecular weight is 330 g/mol. The molecule has 0 bridgehead atoms. The maximum Gasteiger partial charge on any atom is 0.330 e. The van der Waals surface area contributed by atoms with Gasteiger partial charge in [-0.05, 0) is 62.6 Å². The lowest BCUT2D eigenvalue weighted by atomic mass is 9.83. The van der Waals surface area contributed by atoms with Crippen molar-refractivity contribution in [2.24, 2.45) is 0 Å². The predicted octanol–water partition coefficient (Wildman–Crippen LogP) is 5.40. The molecule has 2 rings (SSSR count). The Morgan fingerprint density at radius 3 is 2.46 bits per heavy atom. The van der Waals surface area contributed by atoms with Crippen LogP contribution in [0.15, 0.2) is 36.4 Å². The van der Waals surface area contributed by atoms with E-state index in [-0.39, 0.29) is 12.1 Å². The monoisotopic (exact) mass is 330 g/mol. The van der Waals surface area contributed by atoms with E-state index in [2.05, 4.69) is 19.1 Å². The van der Waals surface area contributed by atoms with Crippen molar-refractivity contribution in [1.29, 1.82) is 0 Å². The molecule has 0 radical (unpaired) electrons. The Hall–Kier alpha value is -1.77. The van der Waals surface area contributed by atoms with Crippen LogP contribution in [0.5, 0.6) is 5.75 Å². The summed E-state index contributed by atoms with van der Waals surface area (Å²) in [6, 6.07) is 8.43. The topological polar surface area (TPSA) is 35.5 Å². The number of ether oxygens (including phenoxy) is 2. The molecule has 1 saturated carbocycles. The van der Waals surface area contributed by atoms with Crippen molar-refractivity contribution >= 4 is 5.97 Å². The van der Waals surface area contributed by atoms with Gasteiger partial charge >= 0.3 is 5.97 Å². The summed E-state index contributed by atoms with van der Waals surface area (Å²) >= 11 is 0. The zero-order valence-electron chi connectivity index (χ0n) is 15.0. The molecule has 0 unspecified atom stereocenters. The SMILES string of the molecule is CCCCC=CC(=O)OC1CCC(c2ccc(OCC)cc2)CC1. The van der Waals surface area contributed by atoms with Crippen molar-refractivity contribution in [3.63, 3.8) is 0 Å². The Morgan fingerprint density at radius 1 is 1.12 bits per heavy atom. The van der Waals surface area contributed by atoms with Crippen LogP contribution in [0.4, 0.5) is 0 Å². The van der Waals surface area contributed by atoms with Crippen LogP contribution in [-0.2, 0) is 9.53 Å². The third-order valence-corrected chi connectivity index (χ3v) is 4.60. The lowest BCUT2D eigenvalue weighted by molar-refractivity contribution is -0.144. The highest BCUT2D eigenvalue weighted by molar-refractivity contribution is 5.82. The number of benzene rings is 1. The fourth-order valence-electron chi connectivity index (χ4n) is 3.22. The lowest BCUT2D eigenvalue weighted by Crippen LogP contribution is -2.23. The largest absolute Gasteiger partial charge is 0.494 e. The van der Waals surface area contributed by atoms with Crippen molar-refractivity contribution < 1.29 is 14.3 Å². The van der Waals surface area contributed by atoms with Gasteiger partial charge in [-0.15, -0.1) is 0 Å². The van der Waals surface area contributed by atoms with Gasteiger partial charge in [0.15, 0.2) is 0 Å². The maximum atomic E-state index is 11.8. The van der Waals surface area contributed by atoms with E-state index in [9.17, 15) is 4.79 Å². The summed E-state index contributed by atoms with van der Waals surface area (Å²) in [5.74, 6) is 1.31. The van der Waals surface area contributed by atoms with E-state index in [4.69, 9.17) is 9.47 Å². The average Bonchev–Trinajstić information content (AvgIpc) is 2.60. The first-order valence-corrected chi connectivity index (χ1v) is 9.32. The molecule has 1 aromatic rings. The molecule has 24 heavy (non-hydrogen) atoms. The van der Waals surface area contributed by atoms with Gasteiger partial charge in [0.1, 0.15) is 11.9 Å². The number of rotatable bonds is 8. The van der Waals surface area contributed by atoms with Crippen LogP contribution in [-0.4, -0.2) is 18.7 Å². The van der Waals surface area contributed by atoms with Crippen molar-refractivity contribution in [1.82, 2.24) is 0 Å². The van der Waals surface area contributed by atoms with E-state index < -0.39 is 0 Å². The molecule has 1 fully saturated rings. The van der Waals surface area contributed by atoms with Gasteiger partial charge in [-0.25, -0.2) is 4.79 Å². The zero-order valence-corrected chi connectivity index (χ0v) is 15.0. The molecule has 1 aliphatic rings. The molecular formula is C21H30O3. The second-order valence-corrected chi connectivity index (χ2v) is 6.46. The quantitative estimate of drug-likeness (QED) is 0.363. The van der Waals surface area contributed by atoms with Crippen molar-refractivity contribution in [3.8, 4) is 5.75 Å². The molecule has 1 aliphatic carbocycles. The Labute approximate surface area is 146 Å². The smallest absolute Gasteiger partial charge is 0.330 e. The van der Waals surface area contributed by atoms with Gasteiger partial charge in [0.25, 0.3) is 0 Å². The Balaban J connectivity index is 1.74. The highest BCUT2D eigenvalue weighted by Gasteiger charge is 2.24. The van der Waals surface area contributed by atoms with E-state index in [0.29, 0.717) is 12.5 Å². The summed E-state index contributed by atoms with van der Waals surface area (Å²) in [5.41, 5.74) is 1.36. The van der Waals surface area contributed by atoms with E-state index in [1.54, 1.807) is 6.08 Å². The third-order valence-electron chi connectivity index (χ3n) is 4.60. The van der Waals surface area contributed by atoms with Crippen LogP contribution >= 0.6 is 0 Å². The summed E-state index contributed by atoms with van der Waals surface area (Å²) in [6.07, 6.45) is 10.9. The molecule has 0 atom stereocenters. The first-order chi connectivity index (χ1) is 11.7. The molecule has 0 aromatic heterocycles. The van der Waals surface area contributed by atoms with E-state index in [1.807, 2.05) is 25.1 Å². The Bertz CT molecular complexity index is 510. The Kier molecular flexibility index (Phi) is 7.87. The number of esters is 1. The van der Waals surface area contributed by atoms with Crippen LogP contribution in [0.2, 0.25) is 0 Å². The molecule has 0 saturated heterocycles. The van der Waals surface area contributed by atoms with Gasteiger partial charge in [-0.2, -0.15) is 0 Å². The summed E-state index contributed by atoms with van der Waals surface area (Å²) in [6.45, 7) is 4.84. The summed E-state index contributed by atoms with van der Waals surface area (Å²) in [7, 11) is 0. The number of allylic oxidation sites excluding steroid dienone is 1. The van der Waals surface area contributed by atoms with Crippen LogP contribution in [0, 0.1) is 0 Å². The minimum Gasteiger partial charge on any atom is -0.494 e. The first-order valence-electron chi connectivity index (χ1n) is 9.32. The highest BCUT2D eigenvalue weighted by atomic mass is 16.5. The lowest BCUT2D eigenvalue weighted by Gasteiger charge is -2.28. The fraction of sp³-hybridized carbons (Fsp3) is 0.571. The number of carbonyl (C=O) groups is 1. The number of hydrogen-bond acceptors (Lipinski definition) is 3. The highest BCUT2D eigenvalue weighted by Crippen LogP contribution is 2.34. The fourth-order valence-corrected chi connectivity index (χ4v) is 3.22. The minimum absolute atomic E-state index is 0.0762. The molecule has 0 amide bonds. The minimum atomic E-state index is -0.185. The van der Waals surface area contributed by atoms with Crippen LogP contribution in [0.25, 0.3) is 0 Å². The standard InChI is InChI=1S/C21H30O3/c1-3-5-6-7-8-21(22)24-20-15-11-18(12-16-20)17-9-13-19(14-10-17)23-4-2/h7-10,13-14,18,20H,3-6,11-12,15-16H2,1-2H3. The molecule has 0 N–H and O–H groups in total. The van der Waals surface area contributed by atoms with E-state index >= 15 is 0 Å². The van der Waals surface area contributed by atoms with Crippen molar-refractivity contribution in [2.45, 2.75) is 70.8 Å². The summed E-state index contributed by atoms with van der Waals surface area (Å²) in [4.78, 5) is 11.8. The van der Waals surface area contributed by atoms with Crippen LogP contribution < -0.4 is 4.74 Å². The van der Waals surface area contributed by atoms with Crippen LogP contribution in [0.1, 0.15) is 70.3 Å². The molecule has 0 heterocycles. The van der Waals surface area contributed by atoms with Gasteiger partial charge in [-0.1, -0.05) is 38.0 Å². The second kappa shape index (κ2) is 10.2. The van der Waals surface area contributed by atoms with Gasteiger partial charge in [0.2, 0.25) is 0 Å². The molecule has 1 aromatic carbocycles. The second-order valence-electron chi connectivity index (χ2n) is 6.46. The van der Waals surface area contributed by atoms with E-state index in [0.717, 1.165) is 50.7 Å². The number of unbranched alkanes of at least 4 members (excludes halogenated alkanes) is 2. The Morgan fingerprint density at radius 2 is 1.83 bits per heavy atom. The maximum absolute atomic E-state index is 11.8.